The van der Waals surface area contributed by atoms with E-state index in [1.54, 1.807) is 12.1 Å². The van der Waals surface area contributed by atoms with E-state index < -0.39 is 0 Å². The van der Waals surface area contributed by atoms with Crippen LogP contribution < -0.4 is 10.1 Å². The summed E-state index contributed by atoms with van der Waals surface area (Å²) in [5.74, 6) is 0.295. The number of hydrogen-bond donors (Lipinski definition) is 1. The van der Waals surface area contributed by atoms with E-state index in [0.29, 0.717) is 17.9 Å². The fourth-order valence-corrected chi connectivity index (χ4v) is 2.91. The van der Waals surface area contributed by atoms with Crippen molar-refractivity contribution in [1.29, 1.82) is 0 Å². The maximum absolute atomic E-state index is 13.6. The molecule has 3 aromatic rings. The highest BCUT2D eigenvalue weighted by atomic mass is 19.1. The average molecular weight is 382 g/mol. The van der Waals surface area contributed by atoms with Crippen LogP contribution in [-0.4, -0.2) is 31.4 Å². The Bertz CT molecular complexity index is 909. The summed E-state index contributed by atoms with van der Waals surface area (Å²) in [6.07, 6.45) is 1.47. The predicted molar refractivity (Wildman–Crippen MR) is 105 cm³/mol. The Morgan fingerprint density at radius 1 is 1.14 bits per heavy atom. The van der Waals surface area contributed by atoms with E-state index >= 15 is 0 Å². The van der Waals surface area contributed by atoms with E-state index in [9.17, 15) is 9.18 Å². The fraction of sp³-hybridized carbons (Fsp3) is 0.227. The number of benzene rings is 2. The van der Waals surface area contributed by atoms with E-state index in [0.717, 1.165) is 5.56 Å². The molecule has 1 unspecified atom stereocenters. The first kappa shape index (κ1) is 19.6. The molecule has 1 heterocycles. The summed E-state index contributed by atoms with van der Waals surface area (Å²) in [6, 6.07) is 17.3. The summed E-state index contributed by atoms with van der Waals surface area (Å²) in [7, 11) is 3.77. The maximum Gasteiger partial charge on any atom is 0.287 e. The lowest BCUT2D eigenvalue weighted by molar-refractivity contribution is 0.0910. The van der Waals surface area contributed by atoms with Crippen LogP contribution in [0.15, 0.2) is 71.3 Å². The number of furan rings is 1. The second-order valence-corrected chi connectivity index (χ2v) is 6.62. The van der Waals surface area contributed by atoms with Crippen LogP contribution in [0.4, 0.5) is 4.39 Å². The monoisotopic (exact) mass is 382 g/mol. The van der Waals surface area contributed by atoms with Crippen LogP contribution >= 0.6 is 0 Å². The lowest BCUT2D eigenvalue weighted by Gasteiger charge is -2.25. The zero-order chi connectivity index (χ0) is 19.9. The van der Waals surface area contributed by atoms with Crippen molar-refractivity contribution in [3.05, 3.63) is 89.6 Å². The van der Waals surface area contributed by atoms with Gasteiger partial charge in [0.1, 0.15) is 18.2 Å². The summed E-state index contributed by atoms with van der Waals surface area (Å²) in [5.41, 5.74) is 1.45. The summed E-state index contributed by atoms with van der Waals surface area (Å²) in [6.45, 7) is 0.541. The van der Waals surface area contributed by atoms with Gasteiger partial charge in [-0.25, -0.2) is 4.39 Å². The molecule has 0 spiro atoms. The minimum atomic E-state index is -0.333. The van der Waals surface area contributed by atoms with E-state index in [1.165, 1.54) is 18.4 Å². The number of hydrogen-bond acceptors (Lipinski definition) is 4. The molecule has 0 aliphatic rings. The highest BCUT2D eigenvalue weighted by molar-refractivity contribution is 5.92. The van der Waals surface area contributed by atoms with Crippen molar-refractivity contribution in [3.63, 3.8) is 0 Å². The first-order chi connectivity index (χ1) is 13.5. The molecule has 0 fully saturated rings. The van der Waals surface area contributed by atoms with Gasteiger partial charge in [-0.05, 0) is 50.0 Å². The molecule has 0 bridgehead atoms. The Kier molecular flexibility index (Phi) is 6.45. The Morgan fingerprint density at radius 3 is 2.64 bits per heavy atom. The van der Waals surface area contributed by atoms with Gasteiger partial charge in [0, 0.05) is 12.1 Å². The highest BCUT2D eigenvalue weighted by Crippen LogP contribution is 2.19. The van der Waals surface area contributed by atoms with Crippen molar-refractivity contribution >= 4 is 5.91 Å². The second-order valence-electron chi connectivity index (χ2n) is 6.62. The molecule has 0 radical (unpaired) electrons. The number of nitrogens with one attached hydrogen (secondary N) is 1. The molecular weight excluding hydrogens is 359 g/mol. The van der Waals surface area contributed by atoms with Gasteiger partial charge in [-0.3, -0.25) is 4.79 Å². The van der Waals surface area contributed by atoms with E-state index in [4.69, 9.17) is 9.15 Å². The van der Waals surface area contributed by atoms with E-state index in [-0.39, 0.29) is 30.1 Å². The maximum atomic E-state index is 13.6. The van der Waals surface area contributed by atoms with Crippen LogP contribution in [0.1, 0.15) is 27.7 Å². The van der Waals surface area contributed by atoms with Gasteiger partial charge in [0.05, 0.1) is 12.3 Å². The molecular formula is C22H23FN2O3. The SMILES string of the molecule is CN(C)C(CNC(=O)c1occc1COc1ccccc1)c1cccc(F)c1. The van der Waals surface area contributed by atoms with Gasteiger partial charge in [0.2, 0.25) is 0 Å². The molecule has 5 nitrogen and oxygen atoms in total. The minimum Gasteiger partial charge on any atom is -0.489 e. The van der Waals surface area contributed by atoms with Crippen LogP contribution in [0.25, 0.3) is 0 Å². The summed E-state index contributed by atoms with van der Waals surface area (Å²) in [5, 5.41) is 2.87. The predicted octanol–water partition coefficient (Wildman–Crippen LogP) is 4.03. The zero-order valence-corrected chi connectivity index (χ0v) is 15.9. The topological polar surface area (TPSA) is 54.7 Å². The van der Waals surface area contributed by atoms with Crippen molar-refractivity contribution < 1.29 is 18.3 Å². The first-order valence-electron chi connectivity index (χ1n) is 8.99. The van der Waals surface area contributed by atoms with Crippen LogP contribution in [0.2, 0.25) is 0 Å². The number of amides is 1. The number of para-hydroxylation sites is 1. The third-order valence-electron chi connectivity index (χ3n) is 4.40. The van der Waals surface area contributed by atoms with Gasteiger partial charge in [-0.1, -0.05) is 30.3 Å². The molecule has 1 atom stereocenters. The summed E-state index contributed by atoms with van der Waals surface area (Å²) < 4.78 is 24.6. The fourth-order valence-electron chi connectivity index (χ4n) is 2.91. The molecule has 146 valence electrons. The number of carbonyl (C=O) groups excluding carboxylic acids is 1. The van der Waals surface area contributed by atoms with E-state index in [1.807, 2.05) is 55.4 Å². The molecule has 0 saturated carbocycles. The van der Waals surface area contributed by atoms with Gasteiger partial charge in [-0.15, -0.1) is 0 Å². The minimum absolute atomic E-state index is 0.168. The number of carbonyl (C=O) groups is 1. The average Bonchev–Trinajstić information content (AvgIpc) is 3.16. The zero-order valence-electron chi connectivity index (χ0n) is 15.9. The molecule has 3 rings (SSSR count). The molecule has 6 heteroatoms. The van der Waals surface area contributed by atoms with Gasteiger partial charge in [-0.2, -0.15) is 0 Å². The molecule has 0 aliphatic heterocycles. The Balaban J connectivity index is 1.63. The quantitative estimate of drug-likeness (QED) is 0.639. The van der Waals surface area contributed by atoms with E-state index in [2.05, 4.69) is 5.32 Å². The Labute approximate surface area is 163 Å². The Hall–Kier alpha value is -3.12. The highest BCUT2D eigenvalue weighted by Gasteiger charge is 2.20. The van der Waals surface area contributed by atoms with Crippen LogP contribution in [0, 0.1) is 5.82 Å². The summed E-state index contributed by atoms with van der Waals surface area (Å²) >= 11 is 0. The van der Waals surface area contributed by atoms with Crippen molar-refractivity contribution in [3.8, 4) is 5.75 Å². The van der Waals surface area contributed by atoms with Crippen LogP contribution in [0.3, 0.4) is 0 Å². The number of halogens is 1. The lowest BCUT2D eigenvalue weighted by atomic mass is 10.1. The largest absolute Gasteiger partial charge is 0.489 e. The smallest absolute Gasteiger partial charge is 0.287 e. The van der Waals surface area contributed by atoms with Crippen molar-refractivity contribution in [2.24, 2.45) is 0 Å². The van der Waals surface area contributed by atoms with Crippen LogP contribution in [0.5, 0.6) is 5.75 Å². The molecule has 1 aromatic heterocycles. The standard InChI is InChI=1S/C22H23FN2O3/c1-25(2)20(16-7-6-8-18(23)13-16)14-24-22(26)21-17(11-12-27-21)15-28-19-9-4-3-5-10-19/h3-13,20H,14-15H2,1-2H3,(H,24,26). The number of rotatable bonds is 8. The summed E-state index contributed by atoms with van der Waals surface area (Å²) in [4.78, 5) is 14.5. The normalized spacial score (nSPS) is 12.0. The molecule has 1 amide bonds. The van der Waals surface area contributed by atoms with Gasteiger partial charge in [0.15, 0.2) is 5.76 Å². The van der Waals surface area contributed by atoms with Gasteiger partial charge in [0.25, 0.3) is 5.91 Å². The number of nitrogens with zero attached hydrogens (tertiary/aromatic N) is 1. The number of likely N-dealkylation sites (N-methyl/N-ethyl adjacent to an activating group) is 1. The number of ether oxygens (including phenoxy) is 1. The Morgan fingerprint density at radius 2 is 1.93 bits per heavy atom. The van der Waals surface area contributed by atoms with Crippen LogP contribution in [-0.2, 0) is 6.61 Å². The third-order valence-corrected chi connectivity index (χ3v) is 4.40. The van der Waals surface area contributed by atoms with Crippen molar-refractivity contribution in [2.45, 2.75) is 12.6 Å². The molecule has 0 saturated heterocycles. The second kappa shape index (κ2) is 9.19. The molecule has 0 aliphatic carbocycles. The first-order valence-corrected chi connectivity index (χ1v) is 8.99. The molecule has 1 N–H and O–H groups in total. The van der Waals surface area contributed by atoms with Gasteiger partial charge < -0.3 is 19.4 Å². The third kappa shape index (κ3) is 4.98. The van der Waals surface area contributed by atoms with Crippen molar-refractivity contribution in [1.82, 2.24) is 10.2 Å². The molecule has 28 heavy (non-hydrogen) atoms. The lowest BCUT2D eigenvalue weighted by Crippen LogP contribution is -2.34. The van der Waals surface area contributed by atoms with Gasteiger partial charge >= 0.3 is 0 Å². The molecule has 2 aromatic carbocycles. The van der Waals surface area contributed by atoms with Crippen molar-refractivity contribution in [2.75, 3.05) is 20.6 Å².